The highest BCUT2D eigenvalue weighted by atomic mass is 16.7. The van der Waals surface area contributed by atoms with Crippen LogP contribution in [0, 0.1) is 0 Å². The normalized spacial score (nSPS) is 18.4. The highest BCUT2D eigenvalue weighted by Gasteiger charge is 2.23. The van der Waals surface area contributed by atoms with E-state index in [1.54, 1.807) is 0 Å². The second kappa shape index (κ2) is 5.71. The molecule has 0 atom stereocenters. The van der Waals surface area contributed by atoms with Gasteiger partial charge in [0.15, 0.2) is 11.5 Å². The number of carbonyl (C=O) groups is 1. The maximum atomic E-state index is 12.4. The maximum absolute atomic E-state index is 12.4. The SMILES string of the molecule is CCN1CCN(C(=O)Cc2cccc3c2OCO3)CC1. The third-order valence-electron chi connectivity index (χ3n) is 3.99. The van der Waals surface area contributed by atoms with Crippen molar-refractivity contribution in [2.45, 2.75) is 13.3 Å². The minimum Gasteiger partial charge on any atom is -0.454 e. The van der Waals surface area contributed by atoms with E-state index in [4.69, 9.17) is 9.47 Å². The Kier molecular flexibility index (Phi) is 3.78. The van der Waals surface area contributed by atoms with Gasteiger partial charge in [-0.2, -0.15) is 0 Å². The molecule has 2 aliphatic heterocycles. The molecule has 1 fully saturated rings. The molecule has 5 heteroatoms. The molecule has 1 saturated heterocycles. The fourth-order valence-electron chi connectivity index (χ4n) is 2.72. The molecule has 0 saturated carbocycles. The summed E-state index contributed by atoms with van der Waals surface area (Å²) in [7, 11) is 0. The number of rotatable bonds is 3. The van der Waals surface area contributed by atoms with Crippen LogP contribution < -0.4 is 9.47 Å². The summed E-state index contributed by atoms with van der Waals surface area (Å²) in [5.74, 6) is 1.64. The van der Waals surface area contributed by atoms with E-state index in [2.05, 4.69) is 11.8 Å². The molecule has 1 amide bonds. The largest absolute Gasteiger partial charge is 0.454 e. The Labute approximate surface area is 119 Å². The monoisotopic (exact) mass is 276 g/mol. The first-order valence-electron chi connectivity index (χ1n) is 7.15. The molecule has 5 nitrogen and oxygen atoms in total. The molecule has 20 heavy (non-hydrogen) atoms. The van der Waals surface area contributed by atoms with Crippen LogP contribution in [0.25, 0.3) is 0 Å². The van der Waals surface area contributed by atoms with Crippen LogP contribution in [0.5, 0.6) is 11.5 Å². The van der Waals surface area contributed by atoms with Crippen LogP contribution in [0.4, 0.5) is 0 Å². The van der Waals surface area contributed by atoms with Crippen molar-refractivity contribution >= 4 is 5.91 Å². The highest BCUT2D eigenvalue weighted by molar-refractivity contribution is 5.80. The van der Waals surface area contributed by atoms with E-state index in [1.807, 2.05) is 23.1 Å². The van der Waals surface area contributed by atoms with Crippen LogP contribution >= 0.6 is 0 Å². The zero-order valence-electron chi connectivity index (χ0n) is 11.8. The van der Waals surface area contributed by atoms with Crippen LogP contribution in [0.3, 0.4) is 0 Å². The molecule has 0 N–H and O–H groups in total. The van der Waals surface area contributed by atoms with E-state index in [9.17, 15) is 4.79 Å². The van der Waals surface area contributed by atoms with Gasteiger partial charge in [-0.05, 0) is 12.6 Å². The van der Waals surface area contributed by atoms with Gasteiger partial charge in [-0.15, -0.1) is 0 Å². The van der Waals surface area contributed by atoms with E-state index < -0.39 is 0 Å². The minimum atomic E-state index is 0.171. The molecule has 0 unspecified atom stereocenters. The molecule has 2 aliphatic rings. The number of hydrogen-bond acceptors (Lipinski definition) is 4. The second-order valence-electron chi connectivity index (χ2n) is 5.14. The van der Waals surface area contributed by atoms with E-state index in [0.29, 0.717) is 6.42 Å². The number of ether oxygens (including phenoxy) is 2. The van der Waals surface area contributed by atoms with Crippen molar-refractivity contribution in [1.82, 2.24) is 9.80 Å². The number of piperazine rings is 1. The minimum absolute atomic E-state index is 0.171. The Balaban J connectivity index is 1.64. The van der Waals surface area contributed by atoms with Gasteiger partial charge >= 0.3 is 0 Å². The van der Waals surface area contributed by atoms with Crippen LogP contribution in [-0.4, -0.2) is 55.2 Å². The number of hydrogen-bond donors (Lipinski definition) is 0. The molecular weight excluding hydrogens is 256 g/mol. The molecule has 3 rings (SSSR count). The predicted molar refractivity (Wildman–Crippen MR) is 75.0 cm³/mol. The number of para-hydroxylation sites is 1. The topological polar surface area (TPSA) is 42.0 Å². The summed E-state index contributed by atoms with van der Waals surface area (Å²) in [5.41, 5.74) is 0.919. The fourth-order valence-corrected chi connectivity index (χ4v) is 2.72. The van der Waals surface area contributed by atoms with Gasteiger partial charge in [-0.1, -0.05) is 19.1 Å². The first kappa shape index (κ1) is 13.2. The molecule has 1 aromatic rings. The molecular formula is C15H20N2O3. The van der Waals surface area contributed by atoms with Crippen LogP contribution in [-0.2, 0) is 11.2 Å². The number of likely N-dealkylation sites (N-methyl/N-ethyl adjacent to an activating group) is 1. The molecule has 0 aromatic heterocycles. The number of fused-ring (bicyclic) bond motifs is 1. The van der Waals surface area contributed by atoms with Crippen LogP contribution in [0.15, 0.2) is 18.2 Å². The lowest BCUT2D eigenvalue weighted by molar-refractivity contribution is -0.132. The number of carbonyl (C=O) groups excluding carboxylic acids is 1. The first-order chi connectivity index (χ1) is 9.78. The number of nitrogens with zero attached hydrogens (tertiary/aromatic N) is 2. The third-order valence-corrected chi connectivity index (χ3v) is 3.99. The summed E-state index contributed by atoms with van der Waals surface area (Å²) in [6.45, 7) is 7.03. The van der Waals surface area contributed by atoms with Crippen LogP contribution in [0.1, 0.15) is 12.5 Å². The lowest BCUT2D eigenvalue weighted by Gasteiger charge is -2.34. The van der Waals surface area contributed by atoms with Crippen molar-refractivity contribution in [3.05, 3.63) is 23.8 Å². The summed E-state index contributed by atoms with van der Waals surface area (Å²) < 4.78 is 10.8. The highest BCUT2D eigenvalue weighted by Crippen LogP contribution is 2.35. The van der Waals surface area contributed by atoms with Crippen molar-refractivity contribution in [2.75, 3.05) is 39.5 Å². The summed E-state index contributed by atoms with van der Waals surface area (Å²) in [5, 5.41) is 0. The lowest BCUT2D eigenvalue weighted by atomic mass is 10.1. The van der Waals surface area contributed by atoms with Crippen molar-refractivity contribution in [2.24, 2.45) is 0 Å². The fraction of sp³-hybridized carbons (Fsp3) is 0.533. The van der Waals surface area contributed by atoms with Gasteiger partial charge < -0.3 is 19.3 Å². The van der Waals surface area contributed by atoms with Gasteiger partial charge in [-0.25, -0.2) is 0 Å². The Morgan fingerprint density at radius 3 is 2.75 bits per heavy atom. The average molecular weight is 276 g/mol. The summed E-state index contributed by atoms with van der Waals surface area (Å²) in [6.07, 6.45) is 0.388. The van der Waals surface area contributed by atoms with Crippen molar-refractivity contribution < 1.29 is 14.3 Å². The summed E-state index contributed by atoms with van der Waals surface area (Å²) in [4.78, 5) is 16.7. The molecule has 1 aromatic carbocycles. The molecule has 2 heterocycles. The summed E-state index contributed by atoms with van der Waals surface area (Å²) in [6, 6.07) is 5.72. The van der Waals surface area contributed by atoms with Gasteiger partial charge in [0.2, 0.25) is 12.7 Å². The smallest absolute Gasteiger partial charge is 0.231 e. The zero-order chi connectivity index (χ0) is 13.9. The number of benzene rings is 1. The Morgan fingerprint density at radius 1 is 1.20 bits per heavy atom. The standard InChI is InChI=1S/C15H20N2O3/c1-2-16-6-8-17(9-7-16)14(18)10-12-4-3-5-13-15(12)20-11-19-13/h3-5H,2,6-11H2,1H3. The Bertz CT molecular complexity index is 496. The number of amides is 1. The molecule has 0 bridgehead atoms. The Hall–Kier alpha value is -1.75. The Morgan fingerprint density at radius 2 is 2.00 bits per heavy atom. The van der Waals surface area contributed by atoms with Crippen molar-refractivity contribution in [1.29, 1.82) is 0 Å². The van der Waals surface area contributed by atoms with E-state index in [-0.39, 0.29) is 12.7 Å². The second-order valence-corrected chi connectivity index (χ2v) is 5.14. The van der Waals surface area contributed by atoms with E-state index >= 15 is 0 Å². The third kappa shape index (κ3) is 2.58. The quantitative estimate of drug-likeness (QED) is 0.830. The molecule has 108 valence electrons. The van der Waals surface area contributed by atoms with Crippen molar-refractivity contribution in [3.63, 3.8) is 0 Å². The molecule has 0 radical (unpaired) electrons. The molecule has 0 aliphatic carbocycles. The maximum Gasteiger partial charge on any atom is 0.231 e. The summed E-state index contributed by atoms with van der Waals surface area (Å²) >= 11 is 0. The van der Waals surface area contributed by atoms with E-state index in [0.717, 1.165) is 49.8 Å². The predicted octanol–water partition coefficient (Wildman–Crippen LogP) is 1.12. The van der Waals surface area contributed by atoms with E-state index in [1.165, 1.54) is 0 Å². The van der Waals surface area contributed by atoms with Gasteiger partial charge in [0.25, 0.3) is 0 Å². The van der Waals surface area contributed by atoms with Gasteiger partial charge in [-0.3, -0.25) is 4.79 Å². The molecule has 0 spiro atoms. The lowest BCUT2D eigenvalue weighted by Crippen LogP contribution is -2.48. The van der Waals surface area contributed by atoms with Crippen molar-refractivity contribution in [3.8, 4) is 11.5 Å². The van der Waals surface area contributed by atoms with Gasteiger partial charge in [0.05, 0.1) is 6.42 Å². The first-order valence-corrected chi connectivity index (χ1v) is 7.15. The van der Waals surface area contributed by atoms with Crippen LogP contribution in [0.2, 0.25) is 0 Å². The van der Waals surface area contributed by atoms with Gasteiger partial charge in [0, 0.05) is 31.7 Å². The average Bonchev–Trinajstić information content (AvgIpc) is 2.97. The van der Waals surface area contributed by atoms with Gasteiger partial charge in [0.1, 0.15) is 0 Å². The zero-order valence-corrected chi connectivity index (χ0v) is 11.8.